The molecule has 0 aromatic carbocycles. The lowest BCUT2D eigenvalue weighted by atomic mass is 9.83. The smallest absolute Gasteiger partial charge is 0.247 e. The van der Waals surface area contributed by atoms with Crippen molar-refractivity contribution in [2.75, 3.05) is 32.1 Å². The number of morpholine rings is 1. The van der Waals surface area contributed by atoms with E-state index in [1.165, 1.54) is 32.1 Å². The van der Waals surface area contributed by atoms with E-state index in [4.69, 9.17) is 4.74 Å². The van der Waals surface area contributed by atoms with Crippen molar-refractivity contribution in [3.8, 4) is 0 Å². The summed E-state index contributed by atoms with van der Waals surface area (Å²) in [5.74, 6) is 1.22. The summed E-state index contributed by atoms with van der Waals surface area (Å²) in [6, 6.07) is -0.295. The zero-order valence-electron chi connectivity index (χ0n) is 12.8. The summed E-state index contributed by atoms with van der Waals surface area (Å²) in [7, 11) is 0. The third-order valence-corrected chi connectivity index (χ3v) is 5.84. The number of rotatable bonds is 2. The number of hydrogen-bond donors (Lipinski definition) is 1. The van der Waals surface area contributed by atoms with Crippen LogP contribution in [0.3, 0.4) is 0 Å². The molecule has 1 unspecified atom stereocenters. The average molecular weight is 311 g/mol. The highest BCUT2D eigenvalue weighted by molar-refractivity contribution is 8.14. The van der Waals surface area contributed by atoms with Gasteiger partial charge in [0.2, 0.25) is 5.91 Å². The van der Waals surface area contributed by atoms with Crippen LogP contribution in [0.25, 0.3) is 0 Å². The molecular weight excluding hydrogens is 286 g/mol. The zero-order valence-corrected chi connectivity index (χ0v) is 13.6. The first-order valence-corrected chi connectivity index (χ1v) is 9.02. The molecule has 21 heavy (non-hydrogen) atoms. The topological polar surface area (TPSA) is 53.9 Å². The van der Waals surface area contributed by atoms with E-state index in [1.54, 1.807) is 11.8 Å². The minimum absolute atomic E-state index is 0.123. The molecule has 0 radical (unpaired) electrons. The summed E-state index contributed by atoms with van der Waals surface area (Å²) in [6.45, 7) is 4.58. The van der Waals surface area contributed by atoms with Crippen molar-refractivity contribution in [1.29, 1.82) is 0 Å². The Labute approximate surface area is 130 Å². The summed E-state index contributed by atoms with van der Waals surface area (Å²) >= 11 is 1.78. The summed E-state index contributed by atoms with van der Waals surface area (Å²) in [4.78, 5) is 18.9. The van der Waals surface area contributed by atoms with Crippen LogP contribution in [0.4, 0.5) is 0 Å². The van der Waals surface area contributed by atoms with E-state index in [9.17, 15) is 4.79 Å². The normalized spacial score (nSPS) is 28.6. The van der Waals surface area contributed by atoms with Crippen molar-refractivity contribution in [2.45, 2.75) is 50.6 Å². The van der Waals surface area contributed by atoms with Crippen molar-refractivity contribution in [3.63, 3.8) is 0 Å². The Morgan fingerprint density at radius 2 is 2.05 bits per heavy atom. The van der Waals surface area contributed by atoms with Gasteiger partial charge in [0.15, 0.2) is 5.17 Å². The number of amidine groups is 1. The molecule has 1 atom stereocenters. The maximum atomic E-state index is 12.4. The van der Waals surface area contributed by atoms with Crippen LogP contribution < -0.4 is 5.32 Å². The fraction of sp³-hybridized carbons (Fsp3) is 0.867. The molecule has 1 amide bonds. The van der Waals surface area contributed by atoms with Gasteiger partial charge in [-0.05, 0) is 19.8 Å². The Bertz CT molecular complexity index is 415. The van der Waals surface area contributed by atoms with Crippen molar-refractivity contribution in [1.82, 2.24) is 10.2 Å². The molecule has 6 heteroatoms. The van der Waals surface area contributed by atoms with Gasteiger partial charge in [-0.1, -0.05) is 31.0 Å². The number of ether oxygens (including phenoxy) is 1. The van der Waals surface area contributed by atoms with Gasteiger partial charge in [-0.15, -0.1) is 0 Å². The molecule has 5 nitrogen and oxygen atoms in total. The average Bonchev–Trinajstić information content (AvgIpc) is 2.90. The molecule has 0 aromatic rings. The third kappa shape index (κ3) is 3.54. The number of hydrogen-bond acceptors (Lipinski definition) is 4. The lowest BCUT2D eigenvalue weighted by Crippen LogP contribution is -2.46. The second-order valence-electron chi connectivity index (χ2n) is 6.30. The summed E-state index contributed by atoms with van der Waals surface area (Å²) in [5.41, 5.74) is 0.253. The van der Waals surface area contributed by atoms with Crippen LogP contribution in [0.5, 0.6) is 0 Å². The number of nitrogens with zero attached hydrogens (tertiary/aromatic N) is 2. The van der Waals surface area contributed by atoms with Gasteiger partial charge in [-0.2, -0.15) is 0 Å². The number of carbonyl (C=O) groups is 1. The van der Waals surface area contributed by atoms with E-state index >= 15 is 0 Å². The van der Waals surface area contributed by atoms with Gasteiger partial charge in [0.05, 0.1) is 13.2 Å². The molecule has 1 aliphatic carbocycles. The van der Waals surface area contributed by atoms with E-state index in [1.807, 2.05) is 11.8 Å². The van der Waals surface area contributed by atoms with Gasteiger partial charge in [-0.3, -0.25) is 4.79 Å². The SMILES string of the molecule is CC(N=C1NC2(CCCCC2)CS1)C(=O)N1CCOCC1. The molecule has 2 aliphatic heterocycles. The Morgan fingerprint density at radius 1 is 1.33 bits per heavy atom. The molecule has 2 heterocycles. The minimum Gasteiger partial charge on any atom is -0.378 e. The maximum absolute atomic E-state index is 12.4. The number of aliphatic imine (C=N–C) groups is 1. The molecule has 118 valence electrons. The van der Waals surface area contributed by atoms with Crippen LogP contribution in [0, 0.1) is 0 Å². The first kappa shape index (κ1) is 15.2. The molecule has 2 saturated heterocycles. The first-order chi connectivity index (χ1) is 10.2. The van der Waals surface area contributed by atoms with E-state index in [0.717, 1.165) is 10.9 Å². The van der Waals surface area contributed by atoms with Crippen molar-refractivity contribution >= 4 is 22.8 Å². The molecule has 1 N–H and O–H groups in total. The summed E-state index contributed by atoms with van der Waals surface area (Å²) < 4.78 is 5.29. The van der Waals surface area contributed by atoms with Crippen LogP contribution in [0.15, 0.2) is 4.99 Å². The van der Waals surface area contributed by atoms with E-state index in [-0.39, 0.29) is 17.5 Å². The van der Waals surface area contributed by atoms with Crippen molar-refractivity contribution < 1.29 is 9.53 Å². The predicted molar refractivity (Wildman–Crippen MR) is 85.7 cm³/mol. The lowest BCUT2D eigenvalue weighted by molar-refractivity contribution is -0.136. The molecule has 0 aromatic heterocycles. The second-order valence-corrected chi connectivity index (χ2v) is 7.27. The lowest BCUT2D eigenvalue weighted by Gasteiger charge is -2.32. The zero-order chi connectivity index (χ0) is 14.7. The third-order valence-electron chi connectivity index (χ3n) is 4.66. The Kier molecular flexibility index (Phi) is 4.74. The predicted octanol–water partition coefficient (Wildman–Crippen LogP) is 1.63. The largest absolute Gasteiger partial charge is 0.378 e. The summed E-state index contributed by atoms with van der Waals surface area (Å²) in [6.07, 6.45) is 6.45. The van der Waals surface area contributed by atoms with Crippen LogP contribution in [0.2, 0.25) is 0 Å². The highest BCUT2D eigenvalue weighted by Crippen LogP contribution is 2.36. The number of nitrogens with one attached hydrogen (secondary N) is 1. The number of thioether (sulfide) groups is 1. The number of amides is 1. The molecule has 1 saturated carbocycles. The van der Waals surface area contributed by atoms with Gasteiger partial charge < -0.3 is 15.0 Å². The van der Waals surface area contributed by atoms with Crippen molar-refractivity contribution in [3.05, 3.63) is 0 Å². The maximum Gasteiger partial charge on any atom is 0.247 e. The van der Waals surface area contributed by atoms with Crippen molar-refractivity contribution in [2.24, 2.45) is 4.99 Å². The van der Waals surface area contributed by atoms with Gasteiger partial charge >= 0.3 is 0 Å². The van der Waals surface area contributed by atoms with Gasteiger partial charge in [0, 0.05) is 24.4 Å². The standard InChI is InChI=1S/C15H25N3O2S/c1-12(13(19)18-7-9-20-10-8-18)16-14-17-15(11-21-14)5-3-2-4-6-15/h12H,2-11H2,1H3,(H,16,17). The molecule has 1 spiro atoms. The second kappa shape index (κ2) is 6.57. The summed E-state index contributed by atoms with van der Waals surface area (Å²) in [5, 5.41) is 4.58. The van der Waals surface area contributed by atoms with Gasteiger partial charge in [0.25, 0.3) is 0 Å². The Morgan fingerprint density at radius 3 is 2.76 bits per heavy atom. The first-order valence-electron chi connectivity index (χ1n) is 8.04. The number of carbonyl (C=O) groups excluding carboxylic acids is 1. The molecule has 3 fully saturated rings. The van der Waals surface area contributed by atoms with Crippen LogP contribution in [-0.4, -0.2) is 59.6 Å². The van der Waals surface area contributed by atoms with E-state index in [0.29, 0.717) is 26.3 Å². The van der Waals surface area contributed by atoms with Crippen LogP contribution in [-0.2, 0) is 9.53 Å². The quantitative estimate of drug-likeness (QED) is 0.842. The fourth-order valence-electron chi connectivity index (χ4n) is 3.35. The Hall–Kier alpha value is -0.750. The van der Waals surface area contributed by atoms with E-state index < -0.39 is 0 Å². The molecule has 0 bridgehead atoms. The monoisotopic (exact) mass is 311 g/mol. The van der Waals surface area contributed by atoms with Gasteiger partial charge in [0.1, 0.15) is 6.04 Å². The van der Waals surface area contributed by atoms with E-state index in [2.05, 4.69) is 10.3 Å². The highest BCUT2D eigenvalue weighted by Gasteiger charge is 2.38. The van der Waals surface area contributed by atoms with Gasteiger partial charge in [-0.25, -0.2) is 4.99 Å². The molecule has 3 aliphatic rings. The molecular formula is C15H25N3O2S. The van der Waals surface area contributed by atoms with Crippen LogP contribution in [0.1, 0.15) is 39.0 Å². The highest BCUT2D eigenvalue weighted by atomic mass is 32.2. The minimum atomic E-state index is -0.295. The molecule has 3 rings (SSSR count). The van der Waals surface area contributed by atoms with Crippen LogP contribution >= 0.6 is 11.8 Å². The Balaban J connectivity index is 1.58. The fourth-order valence-corrected chi connectivity index (χ4v) is 4.65.